The van der Waals surface area contributed by atoms with Crippen molar-refractivity contribution in [1.29, 1.82) is 0 Å². The highest BCUT2D eigenvalue weighted by molar-refractivity contribution is 6.09. The summed E-state index contributed by atoms with van der Waals surface area (Å²) < 4.78 is 24.1. The molecule has 0 amide bonds. The Morgan fingerprint density at radius 2 is 1.66 bits per heavy atom. The summed E-state index contributed by atoms with van der Waals surface area (Å²) in [6.45, 7) is 6.40. The Morgan fingerprint density at radius 3 is 2.46 bits per heavy atom. The van der Waals surface area contributed by atoms with Crippen molar-refractivity contribution in [2.75, 3.05) is 0 Å². The van der Waals surface area contributed by atoms with Gasteiger partial charge in [0.15, 0.2) is 0 Å². The van der Waals surface area contributed by atoms with Crippen molar-refractivity contribution in [1.82, 2.24) is 14.5 Å². The van der Waals surface area contributed by atoms with Gasteiger partial charge in [-0.25, -0.2) is 9.97 Å². The number of nitrogens with zero attached hydrogens (tertiary/aromatic N) is 3. The maximum atomic E-state index is 10.5. The first kappa shape index (κ1) is 19.0. The predicted molar refractivity (Wildman–Crippen MR) is 141 cm³/mol. The molecule has 6 aromatic rings. The van der Waals surface area contributed by atoms with Crippen molar-refractivity contribution in [3.8, 4) is 23.2 Å². The van der Waals surface area contributed by atoms with Crippen LogP contribution in [-0.4, -0.2) is 19.6 Å². The number of rotatable bonds is 3. The molecular formula is C30H25N3O2. The van der Waals surface area contributed by atoms with Crippen molar-refractivity contribution < 1.29 is 12.6 Å². The average molecular weight is 462 g/mol. The summed E-state index contributed by atoms with van der Waals surface area (Å²) in [4.78, 5) is 9.11. The van der Waals surface area contributed by atoms with Crippen LogP contribution in [0.25, 0.3) is 38.5 Å². The molecular weight excluding hydrogens is 434 g/mol. The van der Waals surface area contributed by atoms with Crippen molar-refractivity contribution >= 4 is 32.7 Å². The van der Waals surface area contributed by atoms with Crippen LogP contribution in [0.4, 0.5) is 0 Å². The molecule has 0 bridgehead atoms. The number of fused-ring (bicyclic) bond motifs is 4. The van der Waals surface area contributed by atoms with Crippen molar-refractivity contribution in [2.24, 2.45) is 0 Å². The van der Waals surface area contributed by atoms with E-state index in [4.69, 9.17) is 7.48 Å². The average Bonchev–Trinajstić information content (AvgIpc) is 3.17. The smallest absolute Gasteiger partial charge is 0.219 e. The number of benzene rings is 3. The zero-order valence-electron chi connectivity index (χ0n) is 21.7. The molecule has 3 aromatic heterocycles. The Hall–Kier alpha value is -4.38. The van der Waals surface area contributed by atoms with Gasteiger partial charge >= 0.3 is 0 Å². The molecule has 0 fully saturated rings. The van der Waals surface area contributed by atoms with Gasteiger partial charge in [-0.15, -0.1) is 0 Å². The summed E-state index contributed by atoms with van der Waals surface area (Å²) in [7, 11) is 0. The highest BCUT2D eigenvalue weighted by Crippen LogP contribution is 2.37. The monoisotopic (exact) mass is 461 g/mol. The number of ether oxygens (including phenoxy) is 1. The van der Waals surface area contributed by atoms with Gasteiger partial charge in [-0.3, -0.25) is 4.57 Å². The molecule has 0 aliphatic heterocycles. The molecule has 0 aliphatic rings. The van der Waals surface area contributed by atoms with E-state index in [0.717, 1.165) is 32.8 Å². The summed E-state index contributed by atoms with van der Waals surface area (Å²) >= 11 is 0. The van der Waals surface area contributed by atoms with E-state index in [1.807, 2.05) is 59.2 Å². The minimum absolute atomic E-state index is 0.0977. The molecule has 5 heteroatoms. The quantitative estimate of drug-likeness (QED) is 0.296. The van der Waals surface area contributed by atoms with E-state index in [-0.39, 0.29) is 11.2 Å². The highest BCUT2D eigenvalue weighted by Gasteiger charge is 2.19. The van der Waals surface area contributed by atoms with E-state index in [1.165, 1.54) is 6.20 Å². The van der Waals surface area contributed by atoms with Crippen LogP contribution in [-0.2, 0) is 5.41 Å². The predicted octanol–water partition coefficient (Wildman–Crippen LogP) is 7.52. The molecule has 0 unspecified atom stereocenters. The van der Waals surface area contributed by atoms with Crippen LogP contribution < -0.4 is 4.74 Å². The lowest BCUT2D eigenvalue weighted by atomic mass is 9.84. The number of phenolic OH excluding ortho intramolecular Hbond substituents is 1. The normalized spacial score (nSPS) is 12.8. The molecule has 3 aromatic carbocycles. The van der Waals surface area contributed by atoms with E-state index in [9.17, 15) is 5.11 Å². The number of aromatic nitrogens is 3. The van der Waals surface area contributed by atoms with Crippen LogP contribution in [0.15, 0.2) is 91.1 Å². The fraction of sp³-hybridized carbons (Fsp3) is 0.133. The van der Waals surface area contributed by atoms with Crippen LogP contribution >= 0.6 is 0 Å². The molecule has 5 nitrogen and oxygen atoms in total. The van der Waals surface area contributed by atoms with Crippen LogP contribution in [0.5, 0.6) is 17.4 Å². The molecule has 0 saturated carbocycles. The molecule has 6 rings (SSSR count). The maximum absolute atomic E-state index is 10.5. The van der Waals surface area contributed by atoms with Gasteiger partial charge in [-0.2, -0.15) is 0 Å². The van der Waals surface area contributed by atoms with E-state index < -0.39 is 0 Å². The van der Waals surface area contributed by atoms with E-state index >= 15 is 0 Å². The lowest BCUT2D eigenvalue weighted by Gasteiger charge is -2.21. The first-order valence-electron chi connectivity index (χ1n) is 12.5. The third kappa shape index (κ3) is 3.56. The Morgan fingerprint density at radius 1 is 0.857 bits per heavy atom. The van der Waals surface area contributed by atoms with Gasteiger partial charge in [0.25, 0.3) is 0 Å². The number of hydrogen-bond acceptors (Lipinski definition) is 4. The summed E-state index contributed by atoms with van der Waals surface area (Å²) in [6.07, 6.45) is 1.52. The van der Waals surface area contributed by atoms with Crippen LogP contribution in [0.2, 0.25) is 0 Å². The molecule has 35 heavy (non-hydrogen) atoms. The SMILES string of the molecule is [2H]c1ccc(-n2c3ccc([2H])cc3c3ccc(Oc4ccc5c(C(C)(C)C)ccc(O)c5n4)cc32)nc1. The number of hydrogen-bond donors (Lipinski definition) is 1. The van der Waals surface area contributed by atoms with Crippen molar-refractivity contribution in [3.05, 3.63) is 96.6 Å². The minimum Gasteiger partial charge on any atom is -0.506 e. The second-order valence-corrected chi connectivity index (χ2v) is 9.60. The molecule has 1 N–H and O–H groups in total. The summed E-state index contributed by atoms with van der Waals surface area (Å²) in [5.74, 6) is 1.74. The first-order chi connectivity index (χ1) is 17.7. The Labute approximate surface area is 206 Å². The fourth-order valence-corrected chi connectivity index (χ4v) is 4.66. The largest absolute Gasteiger partial charge is 0.506 e. The zero-order chi connectivity index (χ0) is 25.9. The van der Waals surface area contributed by atoms with Gasteiger partial charge in [-0.05, 0) is 53.4 Å². The standard InChI is InChI=1S/C30H25N3O2/c1-30(2,3)23-14-15-26(34)29-22(23)13-16-28(32-29)35-19-11-12-21-20-8-4-5-9-24(20)33(25(21)18-19)27-10-6-7-17-31-27/h4-18,34H,1-3H3/i4D,7D. The summed E-state index contributed by atoms with van der Waals surface area (Å²) in [6, 6.07) is 22.9. The second kappa shape index (κ2) is 7.84. The molecule has 3 heterocycles. The molecule has 172 valence electrons. The van der Waals surface area contributed by atoms with Gasteiger partial charge < -0.3 is 9.84 Å². The van der Waals surface area contributed by atoms with E-state index in [2.05, 4.69) is 30.7 Å². The van der Waals surface area contributed by atoms with E-state index in [1.54, 1.807) is 18.2 Å². The third-order valence-corrected chi connectivity index (χ3v) is 6.25. The minimum atomic E-state index is -0.0977. The molecule has 0 spiro atoms. The first-order valence-corrected chi connectivity index (χ1v) is 11.5. The van der Waals surface area contributed by atoms with Gasteiger partial charge in [-0.1, -0.05) is 51.1 Å². The Balaban J connectivity index is 1.49. The van der Waals surface area contributed by atoms with Crippen LogP contribution in [0, 0.1) is 0 Å². The molecule has 0 saturated heterocycles. The van der Waals surface area contributed by atoms with Gasteiger partial charge in [0.2, 0.25) is 5.88 Å². The van der Waals surface area contributed by atoms with Gasteiger partial charge in [0.05, 0.1) is 13.8 Å². The second-order valence-electron chi connectivity index (χ2n) is 9.60. The van der Waals surface area contributed by atoms with Crippen LogP contribution in [0.1, 0.15) is 29.1 Å². The number of pyridine rings is 2. The zero-order valence-corrected chi connectivity index (χ0v) is 19.7. The lowest BCUT2D eigenvalue weighted by molar-refractivity contribution is 0.460. The molecule has 0 atom stereocenters. The lowest BCUT2D eigenvalue weighted by Crippen LogP contribution is -2.11. The van der Waals surface area contributed by atoms with Gasteiger partial charge in [0, 0.05) is 34.5 Å². The third-order valence-electron chi connectivity index (χ3n) is 6.25. The maximum Gasteiger partial charge on any atom is 0.219 e. The summed E-state index contributed by atoms with van der Waals surface area (Å²) in [5.41, 5.74) is 3.28. The van der Waals surface area contributed by atoms with E-state index in [0.29, 0.717) is 35.0 Å². The Kier molecular flexibility index (Phi) is 4.25. The molecule has 0 radical (unpaired) electrons. The molecule has 0 aliphatic carbocycles. The van der Waals surface area contributed by atoms with Crippen molar-refractivity contribution in [2.45, 2.75) is 26.2 Å². The topological polar surface area (TPSA) is 60.2 Å². The summed E-state index contributed by atoms with van der Waals surface area (Å²) in [5, 5.41) is 13.3. The number of phenols is 1. The Bertz CT molecular complexity index is 1820. The van der Waals surface area contributed by atoms with Crippen molar-refractivity contribution in [3.63, 3.8) is 0 Å². The number of aromatic hydroxyl groups is 1. The highest BCUT2D eigenvalue weighted by atomic mass is 16.5. The fourth-order valence-electron chi connectivity index (χ4n) is 4.66. The van der Waals surface area contributed by atoms with Crippen LogP contribution in [0.3, 0.4) is 0 Å². The number of para-hydroxylation sites is 1. The van der Waals surface area contributed by atoms with Gasteiger partial charge in [0.1, 0.15) is 22.8 Å².